The first-order chi connectivity index (χ1) is 8.43. The molecule has 1 aromatic heterocycles. The molecule has 0 radical (unpaired) electrons. The van der Waals surface area contributed by atoms with E-state index in [1.165, 1.54) is 57.1 Å². The summed E-state index contributed by atoms with van der Waals surface area (Å²) >= 11 is 0. The van der Waals surface area contributed by atoms with Gasteiger partial charge in [0.15, 0.2) is 0 Å². The maximum atomic E-state index is 4.00. The van der Waals surface area contributed by atoms with Gasteiger partial charge in [0.05, 0.1) is 0 Å². The fourth-order valence-corrected chi connectivity index (χ4v) is 1.96. The van der Waals surface area contributed by atoms with Gasteiger partial charge in [-0.05, 0) is 18.6 Å². The zero-order valence-electron chi connectivity index (χ0n) is 11.5. The Labute approximate surface area is 118 Å². The van der Waals surface area contributed by atoms with Crippen LogP contribution < -0.4 is 5.32 Å². The third-order valence-corrected chi connectivity index (χ3v) is 3.04. The van der Waals surface area contributed by atoms with Gasteiger partial charge in [-0.25, -0.2) is 0 Å². The molecule has 0 saturated heterocycles. The van der Waals surface area contributed by atoms with E-state index in [4.69, 9.17) is 0 Å². The Hall–Kier alpha value is -0.760. The molecular formula is C15H27ClN2. The van der Waals surface area contributed by atoms with E-state index in [2.05, 4.69) is 17.2 Å². The Bertz CT molecular complexity index is 264. The van der Waals surface area contributed by atoms with Crippen molar-refractivity contribution in [2.45, 2.75) is 58.3 Å². The van der Waals surface area contributed by atoms with Crippen molar-refractivity contribution in [3.8, 4) is 0 Å². The molecule has 0 aliphatic carbocycles. The number of pyridine rings is 1. The van der Waals surface area contributed by atoms with Crippen molar-refractivity contribution in [1.29, 1.82) is 0 Å². The van der Waals surface area contributed by atoms with Gasteiger partial charge in [0, 0.05) is 24.6 Å². The van der Waals surface area contributed by atoms with Gasteiger partial charge in [0.1, 0.15) is 0 Å². The summed E-state index contributed by atoms with van der Waals surface area (Å²) in [6.45, 7) is 3.35. The van der Waals surface area contributed by atoms with Crippen LogP contribution in [0.15, 0.2) is 24.5 Å². The maximum absolute atomic E-state index is 4.00. The quantitative estimate of drug-likeness (QED) is 0.602. The molecule has 1 N–H and O–H groups in total. The minimum Gasteiger partial charge on any atom is -0.385 e. The van der Waals surface area contributed by atoms with Gasteiger partial charge in [0.25, 0.3) is 0 Å². The first-order valence-electron chi connectivity index (χ1n) is 7.07. The summed E-state index contributed by atoms with van der Waals surface area (Å²) in [5.41, 5.74) is 1.18. The van der Waals surface area contributed by atoms with Crippen LogP contribution in [0.4, 0.5) is 5.69 Å². The molecule has 0 aromatic carbocycles. The van der Waals surface area contributed by atoms with Crippen LogP contribution in [0.2, 0.25) is 0 Å². The first-order valence-corrected chi connectivity index (χ1v) is 7.07. The second-order valence-corrected chi connectivity index (χ2v) is 4.64. The van der Waals surface area contributed by atoms with Crippen molar-refractivity contribution in [3.05, 3.63) is 24.5 Å². The predicted octanol–water partition coefficient (Wildman–Crippen LogP) is 5.06. The van der Waals surface area contributed by atoms with E-state index in [1.54, 1.807) is 0 Å². The zero-order chi connectivity index (χ0) is 12.2. The molecule has 104 valence electrons. The highest BCUT2D eigenvalue weighted by molar-refractivity contribution is 5.85. The highest BCUT2D eigenvalue weighted by atomic mass is 35.5. The Kier molecular flexibility index (Phi) is 12.2. The minimum absolute atomic E-state index is 0. The van der Waals surface area contributed by atoms with E-state index in [0.29, 0.717) is 0 Å². The number of nitrogens with one attached hydrogen (secondary N) is 1. The largest absolute Gasteiger partial charge is 0.385 e. The van der Waals surface area contributed by atoms with E-state index in [1.807, 2.05) is 24.5 Å². The van der Waals surface area contributed by atoms with Crippen molar-refractivity contribution in [1.82, 2.24) is 4.98 Å². The molecule has 0 atom stereocenters. The second kappa shape index (κ2) is 12.7. The van der Waals surface area contributed by atoms with Crippen LogP contribution >= 0.6 is 12.4 Å². The average molecular weight is 271 g/mol. The highest BCUT2D eigenvalue weighted by Gasteiger charge is 1.92. The fourth-order valence-electron chi connectivity index (χ4n) is 1.96. The molecule has 1 heterocycles. The van der Waals surface area contributed by atoms with Crippen LogP contribution in [0, 0.1) is 0 Å². The van der Waals surface area contributed by atoms with E-state index in [-0.39, 0.29) is 12.4 Å². The van der Waals surface area contributed by atoms with Crippen molar-refractivity contribution < 1.29 is 0 Å². The number of halogens is 1. The molecular weight excluding hydrogens is 244 g/mol. The van der Waals surface area contributed by atoms with Gasteiger partial charge in [0.2, 0.25) is 0 Å². The summed E-state index contributed by atoms with van der Waals surface area (Å²) in [5, 5.41) is 3.42. The lowest BCUT2D eigenvalue weighted by atomic mass is 10.1. The van der Waals surface area contributed by atoms with Crippen molar-refractivity contribution in [2.75, 3.05) is 11.9 Å². The van der Waals surface area contributed by atoms with Crippen LogP contribution in [-0.2, 0) is 0 Å². The fraction of sp³-hybridized carbons (Fsp3) is 0.667. The van der Waals surface area contributed by atoms with Gasteiger partial charge in [-0.15, -0.1) is 12.4 Å². The summed E-state index contributed by atoms with van der Waals surface area (Å²) in [7, 11) is 0. The Morgan fingerprint density at radius 3 is 2.06 bits per heavy atom. The lowest BCUT2D eigenvalue weighted by molar-refractivity contribution is 0.581. The van der Waals surface area contributed by atoms with Gasteiger partial charge < -0.3 is 5.32 Å². The van der Waals surface area contributed by atoms with Crippen molar-refractivity contribution in [3.63, 3.8) is 0 Å². The summed E-state index contributed by atoms with van der Waals surface area (Å²) in [6.07, 6.45) is 14.7. The SMILES string of the molecule is CCCCCCCCCCNc1ccncc1.Cl. The third-order valence-electron chi connectivity index (χ3n) is 3.04. The van der Waals surface area contributed by atoms with Crippen LogP contribution in [0.1, 0.15) is 58.3 Å². The second-order valence-electron chi connectivity index (χ2n) is 4.64. The summed E-state index contributed by atoms with van der Waals surface area (Å²) in [6, 6.07) is 4.04. The molecule has 0 saturated carbocycles. The van der Waals surface area contributed by atoms with E-state index in [0.717, 1.165) is 6.54 Å². The third kappa shape index (κ3) is 9.29. The molecule has 0 bridgehead atoms. The molecule has 0 spiro atoms. The summed E-state index contributed by atoms with van der Waals surface area (Å²) < 4.78 is 0. The van der Waals surface area contributed by atoms with Crippen LogP contribution in [0.5, 0.6) is 0 Å². The normalized spacial score (nSPS) is 9.83. The van der Waals surface area contributed by atoms with Crippen LogP contribution in [0.3, 0.4) is 0 Å². The topological polar surface area (TPSA) is 24.9 Å². The van der Waals surface area contributed by atoms with Gasteiger partial charge in [-0.1, -0.05) is 51.9 Å². The molecule has 0 aliphatic heterocycles. The maximum Gasteiger partial charge on any atom is 0.0371 e. The lowest BCUT2D eigenvalue weighted by Crippen LogP contribution is -2.01. The van der Waals surface area contributed by atoms with Crippen molar-refractivity contribution in [2.24, 2.45) is 0 Å². The molecule has 2 nitrogen and oxygen atoms in total. The zero-order valence-corrected chi connectivity index (χ0v) is 12.3. The average Bonchev–Trinajstić information content (AvgIpc) is 2.38. The Balaban J connectivity index is 0.00000289. The molecule has 1 aromatic rings. The number of nitrogens with zero attached hydrogens (tertiary/aromatic N) is 1. The number of aromatic nitrogens is 1. The van der Waals surface area contributed by atoms with Gasteiger partial charge in [-0.2, -0.15) is 0 Å². The number of anilines is 1. The van der Waals surface area contributed by atoms with Gasteiger partial charge >= 0.3 is 0 Å². The Morgan fingerprint density at radius 2 is 1.44 bits per heavy atom. The van der Waals surface area contributed by atoms with Crippen LogP contribution in [-0.4, -0.2) is 11.5 Å². The summed E-state index contributed by atoms with van der Waals surface area (Å²) in [5.74, 6) is 0. The van der Waals surface area contributed by atoms with Crippen molar-refractivity contribution >= 4 is 18.1 Å². The number of hydrogen-bond donors (Lipinski definition) is 1. The molecule has 0 amide bonds. The number of rotatable bonds is 10. The Morgan fingerprint density at radius 1 is 0.889 bits per heavy atom. The lowest BCUT2D eigenvalue weighted by Gasteiger charge is -2.05. The van der Waals surface area contributed by atoms with Gasteiger partial charge in [-0.3, -0.25) is 4.98 Å². The van der Waals surface area contributed by atoms with Crippen LogP contribution in [0.25, 0.3) is 0 Å². The molecule has 0 fully saturated rings. The molecule has 1 rings (SSSR count). The number of hydrogen-bond acceptors (Lipinski definition) is 2. The van der Waals surface area contributed by atoms with E-state index >= 15 is 0 Å². The van der Waals surface area contributed by atoms with E-state index in [9.17, 15) is 0 Å². The number of unbranched alkanes of at least 4 members (excludes halogenated alkanes) is 7. The minimum atomic E-state index is 0. The predicted molar refractivity (Wildman–Crippen MR) is 82.6 cm³/mol. The first kappa shape index (κ1) is 17.2. The summed E-state index contributed by atoms with van der Waals surface area (Å²) in [4.78, 5) is 4.00. The molecule has 0 aliphatic rings. The highest BCUT2D eigenvalue weighted by Crippen LogP contribution is 2.09. The standard InChI is InChI=1S/C15H26N2.ClH/c1-2-3-4-5-6-7-8-9-12-17-15-10-13-16-14-11-15;/h10-11,13-14H,2-9,12H2,1H3,(H,16,17);1H. The smallest absolute Gasteiger partial charge is 0.0371 e. The molecule has 0 unspecified atom stereocenters. The molecule has 18 heavy (non-hydrogen) atoms. The monoisotopic (exact) mass is 270 g/mol. The van der Waals surface area contributed by atoms with E-state index < -0.39 is 0 Å². The molecule has 3 heteroatoms.